The molecule has 2 aromatic heterocycles. The number of hydrogen-bond donors (Lipinski definition) is 2. The summed E-state index contributed by atoms with van der Waals surface area (Å²) in [5.74, 6) is 1.18. The van der Waals surface area contributed by atoms with Crippen LogP contribution in [0, 0.1) is 0 Å². The van der Waals surface area contributed by atoms with E-state index in [0.29, 0.717) is 17.6 Å². The number of rotatable bonds is 2. The first-order valence-electron chi connectivity index (χ1n) is 6.53. The van der Waals surface area contributed by atoms with Gasteiger partial charge >= 0.3 is 0 Å². The molecule has 7 nitrogen and oxygen atoms in total. The van der Waals surface area contributed by atoms with Crippen LogP contribution in [0.15, 0.2) is 6.20 Å². The highest BCUT2D eigenvalue weighted by molar-refractivity contribution is 5.87. The van der Waals surface area contributed by atoms with Gasteiger partial charge in [-0.05, 0) is 26.9 Å². The van der Waals surface area contributed by atoms with Crippen molar-refractivity contribution in [3.8, 4) is 0 Å². The second kappa shape index (κ2) is 4.65. The summed E-state index contributed by atoms with van der Waals surface area (Å²) < 4.78 is 0. The van der Waals surface area contributed by atoms with Crippen molar-refractivity contribution in [2.24, 2.45) is 0 Å². The number of nitrogens with two attached hydrogens (primary N) is 1. The second-order valence-electron chi connectivity index (χ2n) is 5.24. The molecule has 0 bridgehead atoms. The average Bonchev–Trinajstić information content (AvgIpc) is 2.85. The Morgan fingerprint density at radius 2 is 2.26 bits per heavy atom. The van der Waals surface area contributed by atoms with Gasteiger partial charge in [-0.25, -0.2) is 0 Å². The smallest absolute Gasteiger partial charge is 0.224 e. The summed E-state index contributed by atoms with van der Waals surface area (Å²) in [5, 5.41) is 7.83. The molecular weight excluding hydrogens is 242 g/mol. The third-order valence-corrected chi connectivity index (χ3v) is 3.73. The molecule has 1 aliphatic rings. The minimum Gasteiger partial charge on any atom is -0.368 e. The largest absolute Gasteiger partial charge is 0.368 e. The standard InChI is InChI=1S/C12H19N7/c1-18(2)8-4-3-5-19(7-8)11-9-6-14-17-10(9)15-12(13)16-11/h6,8H,3-5,7H2,1-2H3,(H3,13,14,15,16,17). The molecule has 0 aliphatic carbocycles. The number of nitrogens with one attached hydrogen (secondary N) is 1. The van der Waals surface area contributed by atoms with E-state index in [9.17, 15) is 0 Å². The molecule has 1 saturated heterocycles. The van der Waals surface area contributed by atoms with Crippen molar-refractivity contribution >= 4 is 22.8 Å². The monoisotopic (exact) mass is 261 g/mol. The maximum Gasteiger partial charge on any atom is 0.224 e. The second-order valence-corrected chi connectivity index (χ2v) is 5.24. The maximum absolute atomic E-state index is 5.78. The van der Waals surface area contributed by atoms with Crippen LogP contribution >= 0.6 is 0 Å². The van der Waals surface area contributed by atoms with Gasteiger partial charge in [0.1, 0.15) is 5.82 Å². The number of aromatic nitrogens is 4. The lowest BCUT2D eigenvalue weighted by Gasteiger charge is -2.36. The predicted octanol–water partition coefficient (Wildman–Crippen LogP) is 0.465. The molecular formula is C12H19N7. The highest BCUT2D eigenvalue weighted by atomic mass is 15.3. The summed E-state index contributed by atoms with van der Waals surface area (Å²) in [6, 6.07) is 0.548. The lowest BCUT2D eigenvalue weighted by Crippen LogP contribution is -2.45. The Balaban J connectivity index is 1.97. The molecule has 0 amide bonds. The Labute approximate surface area is 111 Å². The minimum absolute atomic E-state index is 0.290. The molecule has 3 heterocycles. The van der Waals surface area contributed by atoms with Gasteiger partial charge in [-0.2, -0.15) is 15.1 Å². The zero-order valence-corrected chi connectivity index (χ0v) is 11.3. The van der Waals surface area contributed by atoms with E-state index in [2.05, 4.69) is 44.1 Å². The van der Waals surface area contributed by atoms with Crippen LogP contribution in [0.2, 0.25) is 0 Å². The molecule has 3 rings (SSSR count). The normalized spacial score (nSPS) is 20.4. The van der Waals surface area contributed by atoms with Crippen molar-refractivity contribution in [3.63, 3.8) is 0 Å². The van der Waals surface area contributed by atoms with Crippen molar-refractivity contribution < 1.29 is 0 Å². The van der Waals surface area contributed by atoms with E-state index in [-0.39, 0.29) is 0 Å². The lowest BCUT2D eigenvalue weighted by molar-refractivity contribution is 0.257. The van der Waals surface area contributed by atoms with E-state index in [1.165, 1.54) is 6.42 Å². The molecule has 3 N–H and O–H groups in total. The predicted molar refractivity (Wildman–Crippen MR) is 75.0 cm³/mol. The van der Waals surface area contributed by atoms with Crippen molar-refractivity contribution in [2.45, 2.75) is 18.9 Å². The van der Waals surface area contributed by atoms with Gasteiger partial charge in [0, 0.05) is 19.1 Å². The molecule has 1 fully saturated rings. The summed E-state index contributed by atoms with van der Waals surface area (Å²) in [6.07, 6.45) is 4.15. The summed E-state index contributed by atoms with van der Waals surface area (Å²) in [6.45, 7) is 1.96. The van der Waals surface area contributed by atoms with Crippen molar-refractivity contribution in [2.75, 3.05) is 37.8 Å². The topological polar surface area (TPSA) is 87.0 Å². The number of likely N-dealkylation sites (N-methyl/N-ethyl adjacent to an activating group) is 1. The molecule has 0 spiro atoms. The van der Waals surface area contributed by atoms with E-state index < -0.39 is 0 Å². The number of hydrogen-bond acceptors (Lipinski definition) is 6. The zero-order chi connectivity index (χ0) is 13.4. The van der Waals surface area contributed by atoms with Gasteiger partial charge in [0.15, 0.2) is 5.65 Å². The van der Waals surface area contributed by atoms with Crippen molar-refractivity contribution in [1.29, 1.82) is 0 Å². The van der Waals surface area contributed by atoms with E-state index in [0.717, 1.165) is 30.7 Å². The number of anilines is 2. The molecule has 0 radical (unpaired) electrons. The number of fused-ring (bicyclic) bond motifs is 1. The van der Waals surface area contributed by atoms with Crippen LogP contribution in [-0.2, 0) is 0 Å². The summed E-state index contributed by atoms with van der Waals surface area (Å²) in [7, 11) is 4.24. The fourth-order valence-electron chi connectivity index (χ4n) is 2.65. The van der Waals surface area contributed by atoms with Crippen LogP contribution in [0.3, 0.4) is 0 Å². The van der Waals surface area contributed by atoms with Gasteiger partial charge in [-0.3, -0.25) is 5.10 Å². The van der Waals surface area contributed by atoms with Crippen LogP contribution in [0.5, 0.6) is 0 Å². The zero-order valence-electron chi connectivity index (χ0n) is 11.3. The van der Waals surface area contributed by atoms with Crippen molar-refractivity contribution in [1.82, 2.24) is 25.1 Å². The van der Waals surface area contributed by atoms with E-state index in [1.807, 2.05) is 0 Å². The minimum atomic E-state index is 0.290. The molecule has 102 valence electrons. The third-order valence-electron chi connectivity index (χ3n) is 3.73. The Hall–Kier alpha value is -1.89. The number of nitrogen functional groups attached to an aromatic ring is 1. The molecule has 1 unspecified atom stereocenters. The number of H-pyrrole nitrogens is 1. The number of aromatic amines is 1. The van der Waals surface area contributed by atoms with Crippen LogP contribution in [0.25, 0.3) is 11.0 Å². The summed E-state index contributed by atoms with van der Waals surface area (Å²) >= 11 is 0. The Bertz CT molecular complexity index is 576. The maximum atomic E-state index is 5.78. The lowest BCUT2D eigenvalue weighted by atomic mass is 10.0. The molecule has 0 saturated carbocycles. The van der Waals surface area contributed by atoms with E-state index in [4.69, 9.17) is 5.73 Å². The summed E-state index contributed by atoms with van der Waals surface area (Å²) in [5.41, 5.74) is 6.48. The van der Waals surface area contributed by atoms with Gasteiger partial charge in [0.05, 0.1) is 11.6 Å². The average molecular weight is 261 g/mol. The van der Waals surface area contributed by atoms with Gasteiger partial charge in [0.2, 0.25) is 5.95 Å². The first-order valence-corrected chi connectivity index (χ1v) is 6.53. The highest BCUT2D eigenvalue weighted by Crippen LogP contribution is 2.26. The SMILES string of the molecule is CN(C)C1CCCN(c2nc(N)nc3[nH]ncc23)C1. The number of piperidine rings is 1. The molecule has 2 aromatic rings. The van der Waals surface area contributed by atoms with E-state index >= 15 is 0 Å². The van der Waals surface area contributed by atoms with Crippen LogP contribution in [-0.4, -0.2) is 58.3 Å². The Morgan fingerprint density at radius 1 is 1.42 bits per heavy atom. The Kier molecular flexibility index (Phi) is 2.98. The fraction of sp³-hybridized carbons (Fsp3) is 0.583. The first-order chi connectivity index (χ1) is 9.15. The Morgan fingerprint density at radius 3 is 3.05 bits per heavy atom. The van der Waals surface area contributed by atoms with Crippen LogP contribution in [0.4, 0.5) is 11.8 Å². The van der Waals surface area contributed by atoms with Gasteiger partial charge < -0.3 is 15.5 Å². The highest BCUT2D eigenvalue weighted by Gasteiger charge is 2.24. The molecule has 0 aromatic carbocycles. The molecule has 7 heteroatoms. The van der Waals surface area contributed by atoms with E-state index in [1.54, 1.807) is 6.20 Å². The molecule has 1 atom stereocenters. The van der Waals surface area contributed by atoms with Gasteiger partial charge in [0.25, 0.3) is 0 Å². The summed E-state index contributed by atoms with van der Waals surface area (Å²) in [4.78, 5) is 13.1. The fourth-order valence-corrected chi connectivity index (χ4v) is 2.65. The van der Waals surface area contributed by atoms with Crippen molar-refractivity contribution in [3.05, 3.63) is 6.20 Å². The van der Waals surface area contributed by atoms with Gasteiger partial charge in [-0.1, -0.05) is 0 Å². The van der Waals surface area contributed by atoms with Gasteiger partial charge in [-0.15, -0.1) is 0 Å². The van der Waals surface area contributed by atoms with Crippen LogP contribution in [0.1, 0.15) is 12.8 Å². The quantitative estimate of drug-likeness (QED) is 0.817. The molecule has 1 aliphatic heterocycles. The first kappa shape index (κ1) is 12.2. The number of nitrogens with zero attached hydrogens (tertiary/aromatic N) is 5. The third kappa shape index (κ3) is 2.21. The molecule has 19 heavy (non-hydrogen) atoms. The van der Waals surface area contributed by atoms with Crippen LogP contribution < -0.4 is 10.6 Å².